The number of benzene rings is 2. The van der Waals surface area contributed by atoms with E-state index in [4.69, 9.17) is 0 Å². The van der Waals surface area contributed by atoms with Crippen LogP contribution >= 0.6 is 0 Å². The largest absolute Gasteiger partial charge is 0.378 e. The molecule has 0 aliphatic heterocycles. The van der Waals surface area contributed by atoms with Crippen LogP contribution in [0.1, 0.15) is 39.5 Å². The first-order valence-electron chi connectivity index (χ1n) is 9.59. The zero-order chi connectivity index (χ0) is 17.6. The lowest BCUT2D eigenvalue weighted by molar-refractivity contribution is -0.123. The fourth-order valence-corrected chi connectivity index (χ4v) is 4.02. The van der Waals surface area contributed by atoms with Crippen molar-refractivity contribution in [2.45, 2.75) is 39.5 Å². The van der Waals surface area contributed by atoms with Crippen LogP contribution in [-0.4, -0.2) is 12.3 Å². The van der Waals surface area contributed by atoms with Gasteiger partial charge in [-0.25, -0.2) is 0 Å². The van der Waals surface area contributed by atoms with Gasteiger partial charge in [0.2, 0.25) is 0 Å². The minimum absolute atomic E-state index is 0.247. The summed E-state index contributed by atoms with van der Waals surface area (Å²) >= 11 is 0. The van der Waals surface area contributed by atoms with E-state index in [0.29, 0.717) is 18.2 Å². The summed E-state index contributed by atoms with van der Waals surface area (Å²) < 4.78 is 0. The van der Waals surface area contributed by atoms with Crippen LogP contribution in [0.25, 0.3) is 11.1 Å². The van der Waals surface area contributed by atoms with Crippen molar-refractivity contribution in [3.63, 3.8) is 0 Å². The molecule has 2 heteroatoms. The van der Waals surface area contributed by atoms with Crippen molar-refractivity contribution < 1.29 is 4.79 Å². The Hall–Kier alpha value is -2.09. The van der Waals surface area contributed by atoms with E-state index in [1.165, 1.54) is 24.0 Å². The number of carbonyl (C=O) groups excluding carboxylic acids is 1. The van der Waals surface area contributed by atoms with E-state index < -0.39 is 0 Å². The first-order valence-corrected chi connectivity index (χ1v) is 9.59. The monoisotopic (exact) mass is 335 g/mol. The second-order valence-corrected chi connectivity index (χ2v) is 7.42. The van der Waals surface area contributed by atoms with Gasteiger partial charge in [0, 0.05) is 11.6 Å². The molecule has 0 bridgehead atoms. The quantitative estimate of drug-likeness (QED) is 0.723. The summed E-state index contributed by atoms with van der Waals surface area (Å²) in [5, 5.41) is 3.31. The summed E-state index contributed by atoms with van der Waals surface area (Å²) in [6, 6.07) is 18.7. The summed E-state index contributed by atoms with van der Waals surface area (Å²) in [5.74, 6) is 2.11. The van der Waals surface area contributed by atoms with Gasteiger partial charge >= 0.3 is 0 Å². The fourth-order valence-electron chi connectivity index (χ4n) is 4.02. The fraction of sp³-hybridized carbons (Fsp3) is 0.435. The Morgan fingerprint density at radius 2 is 1.68 bits per heavy atom. The van der Waals surface area contributed by atoms with Gasteiger partial charge in [-0.3, -0.25) is 4.79 Å². The predicted molar refractivity (Wildman–Crippen MR) is 106 cm³/mol. The average molecular weight is 335 g/mol. The summed E-state index contributed by atoms with van der Waals surface area (Å²) in [6.45, 7) is 5.03. The third-order valence-electron chi connectivity index (χ3n) is 5.80. The molecule has 1 fully saturated rings. The molecule has 25 heavy (non-hydrogen) atoms. The molecule has 1 aliphatic carbocycles. The Morgan fingerprint density at radius 1 is 1.00 bits per heavy atom. The molecule has 3 atom stereocenters. The smallest absolute Gasteiger partial charge is 0.154 e. The molecule has 3 rings (SSSR count). The van der Waals surface area contributed by atoms with E-state index >= 15 is 0 Å². The van der Waals surface area contributed by atoms with E-state index in [9.17, 15) is 4.79 Å². The number of nitrogens with one attached hydrogen (secondary N) is 1. The number of carbonyl (C=O) groups is 1. The summed E-state index contributed by atoms with van der Waals surface area (Å²) in [5.41, 5.74) is 3.43. The van der Waals surface area contributed by atoms with Gasteiger partial charge in [-0.2, -0.15) is 0 Å². The Bertz CT molecular complexity index is 677. The Labute approximate surface area is 151 Å². The molecular formula is C23H29NO. The van der Waals surface area contributed by atoms with Crippen molar-refractivity contribution in [3.05, 3.63) is 54.6 Å². The molecule has 1 aliphatic rings. The van der Waals surface area contributed by atoms with Crippen molar-refractivity contribution in [2.24, 2.45) is 17.8 Å². The maximum atomic E-state index is 12.6. The van der Waals surface area contributed by atoms with Gasteiger partial charge in [0.25, 0.3) is 0 Å². The van der Waals surface area contributed by atoms with Gasteiger partial charge in [-0.15, -0.1) is 0 Å². The molecule has 0 radical (unpaired) electrons. The van der Waals surface area contributed by atoms with Crippen molar-refractivity contribution >= 4 is 11.5 Å². The van der Waals surface area contributed by atoms with Gasteiger partial charge in [0.05, 0.1) is 6.54 Å². The van der Waals surface area contributed by atoms with Crippen molar-refractivity contribution in [1.29, 1.82) is 0 Å². The molecule has 0 heterocycles. The zero-order valence-corrected chi connectivity index (χ0v) is 15.4. The molecule has 0 spiro atoms. The van der Waals surface area contributed by atoms with E-state index in [0.717, 1.165) is 24.4 Å². The van der Waals surface area contributed by atoms with Crippen LogP contribution in [0, 0.1) is 17.8 Å². The highest BCUT2D eigenvalue weighted by molar-refractivity contribution is 5.85. The van der Waals surface area contributed by atoms with Gasteiger partial charge in [0.1, 0.15) is 0 Å². The Balaban J connectivity index is 1.54. The van der Waals surface area contributed by atoms with Crippen molar-refractivity contribution in [2.75, 3.05) is 11.9 Å². The maximum absolute atomic E-state index is 12.6. The normalized spacial score (nSPS) is 23.2. The second-order valence-electron chi connectivity index (χ2n) is 7.42. The molecule has 1 N–H and O–H groups in total. The molecule has 2 aromatic carbocycles. The van der Waals surface area contributed by atoms with Crippen LogP contribution in [0.4, 0.5) is 5.69 Å². The maximum Gasteiger partial charge on any atom is 0.154 e. The molecule has 0 aromatic heterocycles. The number of Topliss-reactive ketones (excluding diaryl/α,β-unsaturated/α-hetero) is 1. The molecule has 2 aromatic rings. The van der Waals surface area contributed by atoms with Gasteiger partial charge in [-0.1, -0.05) is 62.7 Å². The molecule has 0 saturated heterocycles. The highest BCUT2D eigenvalue weighted by Gasteiger charge is 2.30. The van der Waals surface area contributed by atoms with Gasteiger partial charge in [-0.05, 0) is 54.4 Å². The zero-order valence-electron chi connectivity index (χ0n) is 15.4. The molecule has 2 nitrogen and oxygen atoms in total. The molecule has 0 amide bonds. The number of hydrogen-bond acceptors (Lipinski definition) is 2. The lowest BCUT2D eigenvalue weighted by Gasteiger charge is -2.33. The molecule has 3 unspecified atom stereocenters. The highest BCUT2D eigenvalue weighted by Crippen LogP contribution is 2.36. The number of rotatable bonds is 6. The SMILES string of the molecule is CCC1CC(C(=O)CNc2ccc(-c3ccccc3)cc2)CCC1C. The highest BCUT2D eigenvalue weighted by atomic mass is 16.1. The molecule has 1 saturated carbocycles. The molecular weight excluding hydrogens is 306 g/mol. The van der Waals surface area contributed by atoms with E-state index in [2.05, 4.69) is 67.7 Å². The average Bonchev–Trinajstić information content (AvgIpc) is 2.67. The minimum atomic E-state index is 0.247. The number of ketones is 1. The first kappa shape index (κ1) is 17.7. The second kappa shape index (κ2) is 8.33. The standard InChI is InChI=1S/C23H29NO/c1-3-18-15-21(10-9-17(18)2)23(25)16-24-22-13-11-20(12-14-22)19-7-5-4-6-8-19/h4-8,11-14,17-18,21,24H,3,9-10,15-16H2,1-2H3. The van der Waals surface area contributed by atoms with Crippen LogP contribution in [0.5, 0.6) is 0 Å². The van der Waals surface area contributed by atoms with Crippen LogP contribution in [-0.2, 0) is 4.79 Å². The van der Waals surface area contributed by atoms with Crippen molar-refractivity contribution in [3.8, 4) is 11.1 Å². The first-order chi connectivity index (χ1) is 12.2. The third kappa shape index (κ3) is 4.50. The lowest BCUT2D eigenvalue weighted by Crippen LogP contribution is -2.31. The Morgan fingerprint density at radius 3 is 2.36 bits per heavy atom. The summed E-state index contributed by atoms with van der Waals surface area (Å²) in [4.78, 5) is 12.6. The van der Waals surface area contributed by atoms with Crippen LogP contribution in [0.15, 0.2) is 54.6 Å². The predicted octanol–water partition coefficient (Wildman–Crippen LogP) is 5.80. The van der Waals surface area contributed by atoms with Crippen LogP contribution in [0.3, 0.4) is 0 Å². The molecule has 132 valence electrons. The van der Waals surface area contributed by atoms with Crippen molar-refractivity contribution in [1.82, 2.24) is 0 Å². The lowest BCUT2D eigenvalue weighted by atomic mass is 9.72. The van der Waals surface area contributed by atoms with Gasteiger partial charge in [0.15, 0.2) is 5.78 Å². The number of anilines is 1. The third-order valence-corrected chi connectivity index (χ3v) is 5.80. The van der Waals surface area contributed by atoms with E-state index in [1.807, 2.05) is 6.07 Å². The topological polar surface area (TPSA) is 29.1 Å². The van der Waals surface area contributed by atoms with E-state index in [1.54, 1.807) is 0 Å². The van der Waals surface area contributed by atoms with E-state index in [-0.39, 0.29) is 5.92 Å². The minimum Gasteiger partial charge on any atom is -0.378 e. The van der Waals surface area contributed by atoms with Gasteiger partial charge < -0.3 is 5.32 Å². The Kier molecular flexibility index (Phi) is 5.91. The number of hydrogen-bond donors (Lipinski definition) is 1. The summed E-state index contributed by atoms with van der Waals surface area (Å²) in [7, 11) is 0. The summed E-state index contributed by atoms with van der Waals surface area (Å²) in [6.07, 6.45) is 4.52. The van der Waals surface area contributed by atoms with Crippen LogP contribution in [0.2, 0.25) is 0 Å². The van der Waals surface area contributed by atoms with Crippen LogP contribution < -0.4 is 5.32 Å².